The number of rotatable bonds is 3. The third-order valence-corrected chi connectivity index (χ3v) is 3.31. The highest BCUT2D eigenvalue weighted by atomic mass is 79.9. The van der Waals surface area contributed by atoms with Gasteiger partial charge >= 0.3 is 5.97 Å². The number of esters is 1. The molecule has 0 unspecified atom stereocenters. The summed E-state index contributed by atoms with van der Waals surface area (Å²) in [4.78, 5) is 11.3. The van der Waals surface area contributed by atoms with Gasteiger partial charge in [-0.25, -0.2) is 4.79 Å². The molecule has 102 valence electrons. The normalized spacial score (nSPS) is 10.7. The van der Waals surface area contributed by atoms with Gasteiger partial charge in [-0.3, -0.25) is 0 Å². The second kappa shape index (κ2) is 6.39. The first-order valence-electron chi connectivity index (χ1n) is 5.95. The van der Waals surface area contributed by atoms with Gasteiger partial charge in [0.15, 0.2) is 0 Å². The van der Waals surface area contributed by atoms with E-state index in [9.17, 15) is 9.90 Å². The lowest BCUT2D eigenvalue weighted by molar-refractivity contribution is 0.0600. The molecule has 2 rings (SSSR count). The summed E-state index contributed by atoms with van der Waals surface area (Å²) in [7, 11) is 1.31. The average molecular weight is 333 g/mol. The van der Waals surface area contributed by atoms with E-state index in [1.807, 2.05) is 30.3 Å². The fraction of sp³-hybridized carbons (Fsp3) is 0.0625. The van der Waals surface area contributed by atoms with Crippen molar-refractivity contribution in [1.29, 1.82) is 0 Å². The fourth-order valence-electron chi connectivity index (χ4n) is 1.69. The van der Waals surface area contributed by atoms with Gasteiger partial charge in [0.05, 0.1) is 12.7 Å². The van der Waals surface area contributed by atoms with Crippen molar-refractivity contribution in [2.45, 2.75) is 0 Å². The van der Waals surface area contributed by atoms with E-state index in [1.165, 1.54) is 13.2 Å². The number of phenols is 1. The Kier molecular flexibility index (Phi) is 4.58. The number of carbonyl (C=O) groups is 1. The molecule has 0 aliphatic heterocycles. The van der Waals surface area contributed by atoms with Gasteiger partial charge in [0.2, 0.25) is 0 Å². The van der Waals surface area contributed by atoms with E-state index in [0.717, 1.165) is 10.0 Å². The number of hydrogen-bond donors (Lipinski definition) is 1. The summed E-state index contributed by atoms with van der Waals surface area (Å²) in [6, 6.07) is 12.5. The summed E-state index contributed by atoms with van der Waals surface area (Å²) < 4.78 is 5.61. The van der Waals surface area contributed by atoms with E-state index in [-0.39, 0.29) is 5.75 Å². The maximum Gasteiger partial charge on any atom is 0.337 e. The van der Waals surface area contributed by atoms with Gasteiger partial charge in [0.1, 0.15) is 5.75 Å². The van der Waals surface area contributed by atoms with Gasteiger partial charge in [-0.15, -0.1) is 0 Å². The molecule has 0 aromatic heterocycles. The van der Waals surface area contributed by atoms with Crippen LogP contribution in [0.2, 0.25) is 0 Å². The molecular formula is C16H13BrO3. The molecule has 0 bridgehead atoms. The maximum atomic E-state index is 11.3. The first-order chi connectivity index (χ1) is 9.60. The predicted molar refractivity (Wildman–Crippen MR) is 82.5 cm³/mol. The summed E-state index contributed by atoms with van der Waals surface area (Å²) in [6.07, 6.45) is 3.68. The molecule has 0 amide bonds. The molecular weight excluding hydrogens is 320 g/mol. The van der Waals surface area contributed by atoms with Crippen LogP contribution in [0.25, 0.3) is 12.2 Å². The lowest BCUT2D eigenvalue weighted by Crippen LogP contribution is -2.00. The van der Waals surface area contributed by atoms with Gasteiger partial charge in [0, 0.05) is 10.0 Å². The van der Waals surface area contributed by atoms with Crippen LogP contribution in [0.5, 0.6) is 5.75 Å². The Morgan fingerprint density at radius 3 is 2.45 bits per heavy atom. The van der Waals surface area contributed by atoms with Crippen molar-refractivity contribution in [3.63, 3.8) is 0 Å². The summed E-state index contributed by atoms with van der Waals surface area (Å²) in [5.74, 6) is -0.426. The second-order valence-electron chi connectivity index (χ2n) is 4.15. The van der Waals surface area contributed by atoms with E-state index in [0.29, 0.717) is 11.1 Å². The smallest absolute Gasteiger partial charge is 0.337 e. The van der Waals surface area contributed by atoms with Crippen LogP contribution in [0.15, 0.2) is 46.9 Å². The first-order valence-corrected chi connectivity index (χ1v) is 6.74. The van der Waals surface area contributed by atoms with Crippen molar-refractivity contribution in [2.75, 3.05) is 7.11 Å². The average Bonchev–Trinajstić information content (AvgIpc) is 2.46. The molecule has 3 nitrogen and oxygen atoms in total. The quantitative estimate of drug-likeness (QED) is 0.679. The van der Waals surface area contributed by atoms with E-state index >= 15 is 0 Å². The lowest BCUT2D eigenvalue weighted by Gasteiger charge is -2.03. The first kappa shape index (κ1) is 14.3. The van der Waals surface area contributed by atoms with Crippen LogP contribution in [-0.4, -0.2) is 18.2 Å². The Bertz CT molecular complexity index is 645. The van der Waals surface area contributed by atoms with E-state index in [4.69, 9.17) is 0 Å². The van der Waals surface area contributed by atoms with E-state index < -0.39 is 5.97 Å². The monoisotopic (exact) mass is 332 g/mol. The predicted octanol–water partition coefficient (Wildman–Crippen LogP) is 4.11. The Morgan fingerprint density at radius 2 is 1.85 bits per heavy atom. The number of methoxy groups -OCH3 is 1. The van der Waals surface area contributed by atoms with Gasteiger partial charge in [-0.1, -0.05) is 46.3 Å². The van der Waals surface area contributed by atoms with Gasteiger partial charge in [-0.05, 0) is 29.8 Å². The van der Waals surface area contributed by atoms with Crippen LogP contribution in [-0.2, 0) is 4.74 Å². The van der Waals surface area contributed by atoms with Gasteiger partial charge < -0.3 is 9.84 Å². The Balaban J connectivity index is 2.21. The molecule has 0 radical (unpaired) electrons. The second-order valence-corrected chi connectivity index (χ2v) is 5.07. The van der Waals surface area contributed by atoms with Crippen molar-refractivity contribution in [1.82, 2.24) is 0 Å². The number of phenolic OH excluding ortho intramolecular Hbond substituents is 1. The maximum absolute atomic E-state index is 11.3. The fourth-order valence-corrected chi connectivity index (χ4v) is 1.95. The number of aromatic hydroxyl groups is 1. The standard InChI is InChI=1S/C16H13BrO3/c1-20-16(19)13-7-6-12(15(18)10-13)5-2-11-3-8-14(17)9-4-11/h2-10,18H,1H3. The zero-order chi connectivity index (χ0) is 14.5. The molecule has 1 N–H and O–H groups in total. The topological polar surface area (TPSA) is 46.5 Å². The SMILES string of the molecule is COC(=O)c1ccc(C=Cc2ccc(Br)cc2)c(O)c1. The molecule has 4 heteroatoms. The van der Waals surface area contributed by atoms with Crippen molar-refractivity contribution in [3.05, 3.63) is 63.6 Å². The summed E-state index contributed by atoms with van der Waals surface area (Å²) in [6.45, 7) is 0. The van der Waals surface area contributed by atoms with Crippen LogP contribution in [0.4, 0.5) is 0 Å². The molecule has 0 heterocycles. The molecule has 0 atom stereocenters. The van der Waals surface area contributed by atoms with Crippen molar-refractivity contribution in [2.24, 2.45) is 0 Å². The minimum atomic E-state index is -0.469. The van der Waals surface area contributed by atoms with Crippen LogP contribution < -0.4 is 0 Å². The number of carbonyl (C=O) groups excluding carboxylic acids is 1. The van der Waals surface area contributed by atoms with Crippen LogP contribution in [0, 0.1) is 0 Å². The number of ether oxygens (including phenoxy) is 1. The van der Waals surface area contributed by atoms with Crippen molar-refractivity contribution >= 4 is 34.1 Å². The number of hydrogen-bond acceptors (Lipinski definition) is 3. The zero-order valence-corrected chi connectivity index (χ0v) is 12.4. The number of halogens is 1. The zero-order valence-electron chi connectivity index (χ0n) is 10.8. The minimum absolute atomic E-state index is 0.0428. The molecule has 0 fully saturated rings. The highest BCUT2D eigenvalue weighted by molar-refractivity contribution is 9.10. The third-order valence-electron chi connectivity index (χ3n) is 2.78. The van der Waals surface area contributed by atoms with Crippen LogP contribution >= 0.6 is 15.9 Å². The molecule has 2 aromatic carbocycles. The molecule has 0 saturated carbocycles. The third kappa shape index (κ3) is 3.48. The van der Waals surface area contributed by atoms with Crippen molar-refractivity contribution in [3.8, 4) is 5.75 Å². The minimum Gasteiger partial charge on any atom is -0.507 e. The van der Waals surface area contributed by atoms with E-state index in [2.05, 4.69) is 20.7 Å². The molecule has 2 aromatic rings. The van der Waals surface area contributed by atoms with Crippen LogP contribution in [0.3, 0.4) is 0 Å². The molecule has 0 spiro atoms. The highest BCUT2D eigenvalue weighted by Crippen LogP contribution is 2.22. The van der Waals surface area contributed by atoms with Crippen molar-refractivity contribution < 1.29 is 14.6 Å². The highest BCUT2D eigenvalue weighted by Gasteiger charge is 2.07. The van der Waals surface area contributed by atoms with Crippen LogP contribution in [0.1, 0.15) is 21.5 Å². The largest absolute Gasteiger partial charge is 0.507 e. The summed E-state index contributed by atoms with van der Waals surface area (Å²) >= 11 is 3.37. The Morgan fingerprint density at radius 1 is 1.15 bits per heavy atom. The Labute approximate surface area is 125 Å². The van der Waals surface area contributed by atoms with E-state index in [1.54, 1.807) is 18.2 Å². The van der Waals surface area contributed by atoms with Gasteiger partial charge in [0.25, 0.3) is 0 Å². The summed E-state index contributed by atoms with van der Waals surface area (Å²) in [5.41, 5.74) is 1.98. The molecule has 0 aliphatic rings. The summed E-state index contributed by atoms with van der Waals surface area (Å²) in [5, 5.41) is 9.89. The molecule has 0 saturated heterocycles. The lowest BCUT2D eigenvalue weighted by atomic mass is 10.1. The number of benzene rings is 2. The van der Waals surface area contributed by atoms with Gasteiger partial charge in [-0.2, -0.15) is 0 Å². The Hall–Kier alpha value is -2.07. The molecule has 0 aliphatic carbocycles. The molecule has 20 heavy (non-hydrogen) atoms.